The molecule has 2 aliphatic rings. The second-order valence-corrected chi connectivity index (χ2v) is 12.8. The van der Waals surface area contributed by atoms with Crippen LogP contribution in [0, 0.1) is 5.92 Å². The predicted molar refractivity (Wildman–Crippen MR) is 174 cm³/mol. The highest BCUT2D eigenvalue weighted by Crippen LogP contribution is 2.25. The Morgan fingerprint density at radius 1 is 0.786 bits per heavy atom. The molecule has 3 aromatic rings. The van der Waals surface area contributed by atoms with E-state index in [9.17, 15) is 4.79 Å². The van der Waals surface area contributed by atoms with E-state index in [-0.39, 0.29) is 12.1 Å². The van der Waals surface area contributed by atoms with Crippen LogP contribution in [0.5, 0.6) is 0 Å². The lowest BCUT2D eigenvalue weighted by Gasteiger charge is -2.39. The van der Waals surface area contributed by atoms with Crippen LogP contribution in [0.2, 0.25) is 0 Å². The molecular weight excluding hydrogens is 516 g/mol. The predicted octanol–water partition coefficient (Wildman–Crippen LogP) is 7.61. The second kappa shape index (κ2) is 15.4. The third-order valence-electron chi connectivity index (χ3n) is 8.92. The van der Waals surface area contributed by atoms with Crippen molar-refractivity contribution in [2.24, 2.45) is 5.92 Å². The number of carbonyl (C=O) groups excluding carboxylic acids is 1. The van der Waals surface area contributed by atoms with Gasteiger partial charge in [0.2, 0.25) is 0 Å². The Bertz CT molecular complexity index is 1210. The van der Waals surface area contributed by atoms with E-state index in [4.69, 9.17) is 0 Å². The summed E-state index contributed by atoms with van der Waals surface area (Å²) < 4.78 is 0. The van der Waals surface area contributed by atoms with Crippen molar-refractivity contribution in [1.29, 1.82) is 0 Å². The third-order valence-corrected chi connectivity index (χ3v) is 8.92. The Morgan fingerprint density at radius 3 is 2.02 bits per heavy atom. The lowest BCUT2D eigenvalue weighted by Crippen LogP contribution is -2.52. The number of nitrogens with one attached hydrogen (secondary N) is 2. The number of amides is 2. The van der Waals surface area contributed by atoms with Crippen molar-refractivity contribution in [3.63, 3.8) is 0 Å². The van der Waals surface area contributed by atoms with Gasteiger partial charge >= 0.3 is 6.03 Å². The summed E-state index contributed by atoms with van der Waals surface area (Å²) in [4.78, 5) is 18.4. The summed E-state index contributed by atoms with van der Waals surface area (Å²) in [6.07, 6.45) is 7.98. The highest BCUT2D eigenvalue weighted by Gasteiger charge is 2.29. The molecule has 0 atom stereocenters. The van der Waals surface area contributed by atoms with Gasteiger partial charge in [-0.2, -0.15) is 0 Å². The van der Waals surface area contributed by atoms with E-state index in [0.717, 1.165) is 58.4 Å². The van der Waals surface area contributed by atoms with E-state index in [1.807, 2.05) is 0 Å². The molecule has 0 spiro atoms. The van der Waals surface area contributed by atoms with Gasteiger partial charge in [0.15, 0.2) is 0 Å². The standard InChI is InChI=1S/C37H50N4O/c1-29(2)25-38-26-30-13-17-33(18-14-30)34-19-15-32(16-20-34)28-41(37(42)39-35-11-7-4-8-12-35)36-21-23-40(24-22-36)27-31-9-5-3-6-10-31/h3,5-6,9-10,13-20,29,35-36,38H,4,7-8,11-12,21-28H2,1-2H3,(H,39,42). The Labute approximate surface area is 253 Å². The first kappa shape index (κ1) is 30.3. The maximum Gasteiger partial charge on any atom is 0.318 e. The maximum absolute atomic E-state index is 13.7. The fourth-order valence-corrected chi connectivity index (χ4v) is 6.42. The molecule has 2 amide bonds. The minimum absolute atomic E-state index is 0.120. The molecule has 1 saturated heterocycles. The van der Waals surface area contributed by atoms with Crippen LogP contribution >= 0.6 is 0 Å². The number of likely N-dealkylation sites (tertiary alicyclic amines) is 1. The molecule has 5 rings (SSSR count). The molecule has 5 heteroatoms. The zero-order valence-electron chi connectivity index (χ0n) is 25.7. The van der Waals surface area contributed by atoms with Crippen molar-refractivity contribution in [3.8, 4) is 11.1 Å². The van der Waals surface area contributed by atoms with Gasteiger partial charge in [-0.1, -0.05) is 112 Å². The molecule has 42 heavy (non-hydrogen) atoms. The average Bonchev–Trinajstić information content (AvgIpc) is 3.02. The van der Waals surface area contributed by atoms with Crippen LogP contribution in [0.4, 0.5) is 4.79 Å². The van der Waals surface area contributed by atoms with Gasteiger partial charge in [0, 0.05) is 44.8 Å². The topological polar surface area (TPSA) is 47.6 Å². The minimum atomic E-state index is 0.120. The van der Waals surface area contributed by atoms with E-state index in [1.165, 1.54) is 47.1 Å². The van der Waals surface area contributed by atoms with Crippen LogP contribution < -0.4 is 10.6 Å². The van der Waals surface area contributed by atoms with E-state index < -0.39 is 0 Å². The van der Waals surface area contributed by atoms with Gasteiger partial charge in [-0.25, -0.2) is 4.79 Å². The Hall–Kier alpha value is -3.15. The van der Waals surface area contributed by atoms with Gasteiger partial charge < -0.3 is 15.5 Å². The highest BCUT2D eigenvalue weighted by atomic mass is 16.2. The molecule has 224 valence electrons. The van der Waals surface area contributed by atoms with E-state index in [2.05, 4.69) is 113 Å². The minimum Gasteiger partial charge on any atom is -0.335 e. The van der Waals surface area contributed by atoms with E-state index >= 15 is 0 Å². The molecule has 1 heterocycles. The van der Waals surface area contributed by atoms with Crippen molar-refractivity contribution in [3.05, 3.63) is 95.6 Å². The number of nitrogens with zero attached hydrogens (tertiary/aromatic N) is 2. The van der Waals surface area contributed by atoms with Gasteiger partial charge in [0.1, 0.15) is 0 Å². The van der Waals surface area contributed by atoms with Crippen molar-refractivity contribution in [2.75, 3.05) is 19.6 Å². The molecule has 2 fully saturated rings. The number of hydrogen-bond acceptors (Lipinski definition) is 3. The maximum atomic E-state index is 13.7. The first-order valence-electron chi connectivity index (χ1n) is 16.3. The monoisotopic (exact) mass is 566 g/mol. The first-order valence-corrected chi connectivity index (χ1v) is 16.3. The Morgan fingerprint density at radius 2 is 1.40 bits per heavy atom. The fourth-order valence-electron chi connectivity index (χ4n) is 6.42. The largest absolute Gasteiger partial charge is 0.335 e. The highest BCUT2D eigenvalue weighted by molar-refractivity contribution is 5.75. The first-order chi connectivity index (χ1) is 20.5. The number of benzene rings is 3. The summed E-state index contributed by atoms with van der Waals surface area (Å²) in [6, 6.07) is 29.1. The molecule has 3 aromatic carbocycles. The molecule has 1 saturated carbocycles. The lowest BCUT2D eigenvalue weighted by atomic mass is 9.95. The van der Waals surface area contributed by atoms with E-state index in [1.54, 1.807) is 0 Å². The average molecular weight is 567 g/mol. The van der Waals surface area contributed by atoms with Gasteiger partial charge in [-0.15, -0.1) is 0 Å². The summed E-state index contributed by atoms with van der Waals surface area (Å²) in [5.41, 5.74) is 6.31. The van der Waals surface area contributed by atoms with Crippen molar-refractivity contribution >= 4 is 6.03 Å². The molecule has 0 bridgehead atoms. The zero-order chi connectivity index (χ0) is 29.1. The summed E-state index contributed by atoms with van der Waals surface area (Å²) in [5.74, 6) is 0.657. The normalized spacial score (nSPS) is 16.9. The van der Waals surface area contributed by atoms with Crippen LogP contribution in [-0.4, -0.2) is 47.5 Å². The third kappa shape index (κ3) is 8.92. The van der Waals surface area contributed by atoms with E-state index in [0.29, 0.717) is 18.5 Å². The fraction of sp³-hybridized carbons (Fsp3) is 0.486. The molecule has 0 unspecified atom stereocenters. The summed E-state index contributed by atoms with van der Waals surface area (Å²) in [5, 5.41) is 6.94. The Balaban J connectivity index is 1.22. The van der Waals surface area contributed by atoms with Crippen LogP contribution in [0.1, 0.15) is 75.5 Å². The quantitative estimate of drug-likeness (QED) is 0.251. The molecule has 0 radical (unpaired) electrons. The molecule has 1 aliphatic heterocycles. The van der Waals surface area contributed by atoms with Crippen LogP contribution in [0.15, 0.2) is 78.9 Å². The smallest absolute Gasteiger partial charge is 0.318 e. The SMILES string of the molecule is CC(C)CNCc1ccc(-c2ccc(CN(C(=O)NC3CCCCC3)C3CCN(Cc4ccccc4)CC3)cc2)cc1. The number of carbonyl (C=O) groups is 1. The van der Waals surface area contributed by atoms with Crippen molar-refractivity contribution in [2.45, 2.75) is 90.5 Å². The van der Waals surface area contributed by atoms with Gasteiger partial charge in [-0.3, -0.25) is 4.90 Å². The number of rotatable bonds is 11. The van der Waals surface area contributed by atoms with Crippen LogP contribution in [0.25, 0.3) is 11.1 Å². The summed E-state index contributed by atoms with van der Waals surface area (Å²) in [7, 11) is 0. The van der Waals surface area contributed by atoms with Crippen molar-refractivity contribution in [1.82, 2.24) is 20.4 Å². The number of hydrogen-bond donors (Lipinski definition) is 2. The van der Waals surface area contributed by atoms with Gasteiger partial charge in [0.25, 0.3) is 0 Å². The lowest BCUT2D eigenvalue weighted by molar-refractivity contribution is 0.110. The molecule has 0 aromatic heterocycles. The van der Waals surface area contributed by atoms with Crippen LogP contribution in [-0.2, 0) is 19.6 Å². The van der Waals surface area contributed by atoms with Gasteiger partial charge in [0.05, 0.1) is 0 Å². The second-order valence-electron chi connectivity index (χ2n) is 12.8. The van der Waals surface area contributed by atoms with Crippen molar-refractivity contribution < 1.29 is 4.79 Å². The summed E-state index contributed by atoms with van der Waals surface area (Å²) >= 11 is 0. The molecule has 1 aliphatic carbocycles. The zero-order valence-corrected chi connectivity index (χ0v) is 25.7. The summed E-state index contributed by atoms with van der Waals surface area (Å²) in [6.45, 7) is 10.1. The van der Waals surface area contributed by atoms with Crippen LogP contribution in [0.3, 0.4) is 0 Å². The number of urea groups is 1. The molecule has 5 nitrogen and oxygen atoms in total. The number of piperidine rings is 1. The Kier molecular flexibility index (Phi) is 11.1. The van der Waals surface area contributed by atoms with Gasteiger partial charge in [-0.05, 0) is 66.0 Å². The molecular formula is C37H50N4O. The molecule has 2 N–H and O–H groups in total.